The number of ketones is 1. The predicted octanol–water partition coefficient (Wildman–Crippen LogP) is 3.63. The maximum absolute atomic E-state index is 13.8. The van der Waals surface area contributed by atoms with Crippen molar-refractivity contribution in [1.29, 1.82) is 5.26 Å². The van der Waals surface area contributed by atoms with Gasteiger partial charge in [0.15, 0.2) is 5.78 Å². The third-order valence-electron chi connectivity index (χ3n) is 6.23. The molecule has 188 valence electrons. The first-order valence-electron chi connectivity index (χ1n) is 12.1. The first kappa shape index (κ1) is 25.8. The molecule has 0 unspecified atom stereocenters. The Labute approximate surface area is 215 Å². The number of hydrogen-bond donors (Lipinski definition) is 3. The van der Waals surface area contributed by atoms with E-state index in [9.17, 15) is 14.7 Å². The number of Topliss-reactive ketones (excluding diaryl/α,β-unsaturated/α-hetero) is 1. The van der Waals surface area contributed by atoms with Crippen LogP contribution in [0, 0.1) is 11.3 Å². The average Bonchev–Trinajstić information content (AvgIpc) is 3.35. The van der Waals surface area contributed by atoms with E-state index in [0.717, 1.165) is 11.1 Å². The summed E-state index contributed by atoms with van der Waals surface area (Å²) in [6.45, 7) is 4.35. The lowest BCUT2D eigenvalue weighted by Gasteiger charge is -2.21. The molecule has 3 atom stereocenters. The van der Waals surface area contributed by atoms with Crippen LogP contribution in [0.5, 0.6) is 0 Å². The van der Waals surface area contributed by atoms with E-state index in [1.165, 1.54) is 10.7 Å². The highest BCUT2D eigenvalue weighted by Gasteiger charge is 2.25. The molecular weight excluding hydrogens is 466 g/mol. The number of amides is 1. The summed E-state index contributed by atoms with van der Waals surface area (Å²) in [6.07, 6.45) is 2.45. The lowest BCUT2D eigenvalue weighted by molar-refractivity contribution is 0.0922. The number of carbonyl (C=O) groups excluding carboxylic acids is 2. The van der Waals surface area contributed by atoms with Gasteiger partial charge in [-0.1, -0.05) is 49.4 Å². The fourth-order valence-electron chi connectivity index (χ4n) is 4.11. The molecule has 37 heavy (non-hydrogen) atoms. The molecule has 3 N–H and O–H groups in total. The van der Waals surface area contributed by atoms with Crippen molar-refractivity contribution in [2.24, 2.45) is 0 Å². The summed E-state index contributed by atoms with van der Waals surface area (Å²) in [6, 6.07) is 21.9. The Morgan fingerprint density at radius 1 is 1.00 bits per heavy atom. The zero-order valence-electron chi connectivity index (χ0n) is 20.8. The van der Waals surface area contributed by atoms with Gasteiger partial charge in [-0.15, -0.1) is 0 Å². The van der Waals surface area contributed by atoms with E-state index in [0.29, 0.717) is 28.8 Å². The molecule has 4 rings (SSSR count). The van der Waals surface area contributed by atoms with Crippen molar-refractivity contribution in [2.75, 3.05) is 13.1 Å². The summed E-state index contributed by atoms with van der Waals surface area (Å²) >= 11 is 0. The Morgan fingerprint density at radius 3 is 2.41 bits per heavy atom. The van der Waals surface area contributed by atoms with Crippen LogP contribution in [0.4, 0.5) is 0 Å². The Bertz CT molecular complexity index is 1420. The number of pyridine rings is 1. The van der Waals surface area contributed by atoms with E-state index in [-0.39, 0.29) is 24.2 Å². The van der Waals surface area contributed by atoms with Crippen LogP contribution in [0.15, 0.2) is 79.1 Å². The van der Waals surface area contributed by atoms with Crippen LogP contribution >= 0.6 is 0 Å². The minimum Gasteiger partial charge on any atom is -0.392 e. The minimum absolute atomic E-state index is 0.110. The topological polar surface area (TPSA) is 120 Å². The third-order valence-corrected chi connectivity index (χ3v) is 6.23. The van der Waals surface area contributed by atoms with Crippen LogP contribution in [-0.2, 0) is 0 Å². The van der Waals surface area contributed by atoms with Crippen LogP contribution in [0.25, 0.3) is 5.52 Å². The molecule has 2 aromatic heterocycles. The maximum atomic E-state index is 13.8. The van der Waals surface area contributed by atoms with Crippen molar-refractivity contribution >= 4 is 17.2 Å². The number of rotatable bonds is 10. The molecule has 0 fully saturated rings. The fraction of sp³-hybridized carbons (Fsp3) is 0.241. The zero-order valence-corrected chi connectivity index (χ0v) is 20.8. The normalized spacial score (nSPS) is 13.5. The Morgan fingerprint density at radius 2 is 1.73 bits per heavy atom. The number of benzene rings is 2. The maximum Gasteiger partial charge on any atom is 0.252 e. The van der Waals surface area contributed by atoms with Crippen LogP contribution < -0.4 is 10.6 Å². The van der Waals surface area contributed by atoms with Crippen molar-refractivity contribution in [1.82, 2.24) is 20.2 Å². The minimum atomic E-state index is -0.649. The second kappa shape index (κ2) is 11.6. The van der Waals surface area contributed by atoms with Gasteiger partial charge in [-0.3, -0.25) is 9.59 Å². The van der Waals surface area contributed by atoms with Crippen LogP contribution in [-0.4, -0.2) is 45.6 Å². The number of aliphatic hydroxyl groups is 1. The van der Waals surface area contributed by atoms with Gasteiger partial charge in [-0.25, -0.2) is 4.52 Å². The van der Waals surface area contributed by atoms with Crippen LogP contribution in [0.3, 0.4) is 0 Å². The van der Waals surface area contributed by atoms with Gasteiger partial charge < -0.3 is 15.7 Å². The van der Waals surface area contributed by atoms with Gasteiger partial charge >= 0.3 is 0 Å². The second-order valence-corrected chi connectivity index (χ2v) is 9.12. The van der Waals surface area contributed by atoms with Gasteiger partial charge in [-0.2, -0.15) is 10.4 Å². The van der Waals surface area contributed by atoms with Gasteiger partial charge in [0.05, 0.1) is 46.6 Å². The highest BCUT2D eigenvalue weighted by Crippen LogP contribution is 2.24. The molecule has 2 aromatic carbocycles. The molecule has 0 aliphatic heterocycles. The van der Waals surface area contributed by atoms with Crippen molar-refractivity contribution in [2.45, 2.75) is 31.9 Å². The predicted molar refractivity (Wildman–Crippen MR) is 140 cm³/mol. The molecular formula is C29H29N5O3. The van der Waals surface area contributed by atoms with Crippen LogP contribution in [0.2, 0.25) is 0 Å². The summed E-state index contributed by atoms with van der Waals surface area (Å²) in [5.74, 6) is -0.343. The molecule has 8 heteroatoms. The molecule has 0 bridgehead atoms. The zero-order chi connectivity index (χ0) is 26.4. The summed E-state index contributed by atoms with van der Waals surface area (Å²) in [7, 11) is 0. The molecule has 0 aliphatic rings. The number of nitrogens with one attached hydrogen (secondary N) is 2. The fourth-order valence-corrected chi connectivity index (χ4v) is 4.11. The second-order valence-electron chi connectivity index (χ2n) is 9.12. The van der Waals surface area contributed by atoms with E-state index in [1.807, 2.05) is 42.5 Å². The average molecular weight is 496 g/mol. The summed E-state index contributed by atoms with van der Waals surface area (Å²) in [5.41, 5.74) is 3.95. The van der Waals surface area contributed by atoms with Gasteiger partial charge in [0.25, 0.3) is 5.91 Å². The Balaban J connectivity index is 1.56. The van der Waals surface area contributed by atoms with Crippen molar-refractivity contribution in [3.63, 3.8) is 0 Å². The molecule has 0 saturated heterocycles. The van der Waals surface area contributed by atoms with Gasteiger partial charge in [-0.05, 0) is 48.2 Å². The molecule has 0 spiro atoms. The first-order valence-corrected chi connectivity index (χ1v) is 12.1. The van der Waals surface area contributed by atoms with E-state index in [1.54, 1.807) is 37.4 Å². The molecule has 0 radical (unpaired) electrons. The molecule has 8 nitrogen and oxygen atoms in total. The molecule has 0 aliphatic carbocycles. The van der Waals surface area contributed by atoms with Crippen molar-refractivity contribution < 1.29 is 14.7 Å². The number of carbonyl (C=O) groups is 2. The van der Waals surface area contributed by atoms with Crippen molar-refractivity contribution in [3.05, 3.63) is 107 Å². The van der Waals surface area contributed by atoms with Crippen LogP contribution in [0.1, 0.15) is 63.2 Å². The van der Waals surface area contributed by atoms with Gasteiger partial charge in [0.1, 0.15) is 0 Å². The SMILES string of the molecule is C[C@@H](O)CNC(=O)c1ccc2c(C(=O)[C@H](NC[C@H](C)c3ccc(C#N)cc3)c3ccccc3)cnn2c1. The number of hydrogen-bond acceptors (Lipinski definition) is 6. The highest BCUT2D eigenvalue weighted by molar-refractivity contribution is 6.06. The smallest absolute Gasteiger partial charge is 0.252 e. The Hall–Kier alpha value is -4.32. The van der Waals surface area contributed by atoms with E-state index in [2.05, 4.69) is 28.7 Å². The number of nitrogens with zero attached hydrogens (tertiary/aromatic N) is 3. The molecule has 4 aromatic rings. The first-order chi connectivity index (χ1) is 17.9. The number of nitriles is 1. The molecule has 2 heterocycles. The van der Waals surface area contributed by atoms with E-state index < -0.39 is 12.1 Å². The number of aliphatic hydroxyl groups excluding tert-OH is 1. The largest absolute Gasteiger partial charge is 0.392 e. The summed E-state index contributed by atoms with van der Waals surface area (Å²) < 4.78 is 1.52. The molecule has 1 amide bonds. The standard InChI is InChI=1S/C29H29N5O3/c1-19(22-10-8-21(14-30)9-11-22)15-31-27(23-6-4-3-5-7-23)28(36)25-17-33-34-18-24(12-13-26(25)34)29(37)32-16-20(2)35/h3-13,17-20,27,31,35H,15-16H2,1-2H3,(H,32,37)/t19-,20+,27+/m0/s1. The van der Waals surface area contributed by atoms with E-state index in [4.69, 9.17) is 5.26 Å². The quantitative estimate of drug-likeness (QED) is 0.289. The number of aromatic nitrogens is 2. The lowest BCUT2D eigenvalue weighted by atomic mass is 9.95. The Kier molecular flexibility index (Phi) is 8.08. The van der Waals surface area contributed by atoms with Gasteiger partial charge in [0.2, 0.25) is 0 Å². The highest BCUT2D eigenvalue weighted by atomic mass is 16.3. The summed E-state index contributed by atoms with van der Waals surface area (Å²) in [5, 5.41) is 28.9. The third kappa shape index (κ3) is 6.09. The number of fused-ring (bicyclic) bond motifs is 1. The molecule has 0 saturated carbocycles. The lowest BCUT2D eigenvalue weighted by Crippen LogP contribution is -2.31. The van der Waals surface area contributed by atoms with Gasteiger partial charge in [0, 0.05) is 19.3 Å². The van der Waals surface area contributed by atoms with E-state index >= 15 is 0 Å². The monoisotopic (exact) mass is 495 g/mol. The summed E-state index contributed by atoms with van der Waals surface area (Å²) in [4.78, 5) is 26.2. The van der Waals surface area contributed by atoms with Crippen molar-refractivity contribution in [3.8, 4) is 6.07 Å².